The number of carboxylic acids is 1. The summed E-state index contributed by atoms with van der Waals surface area (Å²) in [4.78, 5) is 61.8. The Hall–Kier alpha value is -3.29. The lowest BCUT2D eigenvalue weighted by Crippen LogP contribution is -2.44. The molecule has 3 heterocycles. The molecule has 19 nitrogen and oxygen atoms in total. The molecule has 67 heavy (non-hydrogen) atoms. The maximum Gasteiger partial charge on any atom is 0.472 e. The van der Waals surface area contributed by atoms with Gasteiger partial charge in [-0.2, -0.15) is 11.8 Å². The lowest BCUT2D eigenvalue weighted by Gasteiger charge is -2.21. The first kappa shape index (κ1) is 58.0. The maximum absolute atomic E-state index is 12.7. The van der Waals surface area contributed by atoms with Crippen LogP contribution < -0.4 is 26.6 Å². The number of hydrogen-bond acceptors (Lipinski definition) is 16. The van der Waals surface area contributed by atoms with Crippen LogP contribution in [0, 0.1) is 0 Å². The standard InChI is InChI=1S/C46H82N7O12PS/c1-2-3-4-5-6-7-8-9-10-11-12-16-19-27-42(55)62-32-37(33-63-66(60,61)64-34-38(47)45(57)58)65-43(56)28-20-17-14-13-15-18-24-36-31-53(52-51-36)30-23-29-48-41(54)26-22-21-25-40-44-39(35-67-40)49-46(59)50-44/h31,37-40,44H,2-30,32-35,47H2,1H3,(H,48,54)(H,57,58)(H,60,61)(H2,49,50,59)/p-2/t37-,38+,39+,40+,44+/m1/s1. The minimum Gasteiger partial charge on any atom is -0.862 e. The van der Waals surface area contributed by atoms with Crippen LogP contribution in [0.5, 0.6) is 0 Å². The molecule has 1 aromatic heterocycles. The average Bonchev–Trinajstić information content (AvgIpc) is 4.02. The molecular weight excluding hydrogens is 906 g/mol. The van der Waals surface area contributed by atoms with Crippen molar-refractivity contribution in [3.63, 3.8) is 0 Å². The number of aromatic nitrogens is 3. The number of unbranched alkanes of at least 4 members (excludes halogenated alkanes) is 18. The first-order chi connectivity index (χ1) is 32.3. The summed E-state index contributed by atoms with van der Waals surface area (Å²) >= 11 is 1.88. The largest absolute Gasteiger partial charge is 0.862 e. The molecule has 21 heteroatoms. The van der Waals surface area contributed by atoms with Gasteiger partial charge in [0, 0.05) is 43.1 Å². The van der Waals surface area contributed by atoms with Crippen LogP contribution in [-0.4, -0.2) is 111 Å². The highest BCUT2D eigenvalue weighted by atomic mass is 32.2. The number of amides is 2. The number of nitrogens with one attached hydrogen (secondary N) is 2. The molecule has 1 unspecified atom stereocenters. The number of aryl methyl sites for hydroxylation is 2. The molecule has 2 fully saturated rings. The Balaban J connectivity index is 1.23. The van der Waals surface area contributed by atoms with Crippen LogP contribution in [0.15, 0.2) is 11.2 Å². The fraction of sp³-hybridized carbons (Fsp3) is 0.848. The molecule has 2 aliphatic heterocycles. The molecule has 2 aliphatic rings. The second kappa shape index (κ2) is 34.9. The topological polar surface area (TPSA) is 282 Å². The van der Waals surface area contributed by atoms with Crippen molar-refractivity contribution in [2.24, 2.45) is 10.7 Å². The SMILES string of the molecule is CCCCCCCCCCCCCCCC(=O)OC[C@H](COP(=O)(O)OC[C@H](N)C(=O)[O-])OC(=O)CCCCCCCCc1cn(CCCN=C([O-])CCCC[C@@H]2SC[C@@H]3NC(=O)N[C@@H]32)nn1. The summed E-state index contributed by atoms with van der Waals surface area (Å²) in [5.74, 6) is -1.88. The van der Waals surface area contributed by atoms with Crippen LogP contribution in [0.2, 0.25) is 0 Å². The molecule has 384 valence electrons. The van der Waals surface area contributed by atoms with Crippen molar-refractivity contribution in [3.05, 3.63) is 11.9 Å². The summed E-state index contributed by atoms with van der Waals surface area (Å²) in [6.45, 7) is 1.43. The average molecular weight is 986 g/mol. The van der Waals surface area contributed by atoms with E-state index in [1.165, 1.54) is 57.8 Å². The van der Waals surface area contributed by atoms with Gasteiger partial charge in [-0.05, 0) is 57.3 Å². The van der Waals surface area contributed by atoms with Gasteiger partial charge in [-0.15, -0.1) is 5.10 Å². The van der Waals surface area contributed by atoms with E-state index in [-0.39, 0.29) is 36.9 Å². The highest BCUT2D eigenvalue weighted by molar-refractivity contribution is 8.00. The van der Waals surface area contributed by atoms with E-state index in [0.29, 0.717) is 44.0 Å². The number of carbonyl (C=O) groups excluding carboxylic acids is 4. The van der Waals surface area contributed by atoms with Gasteiger partial charge in [0.15, 0.2) is 6.10 Å². The Labute approximate surface area is 402 Å². The number of esters is 2. The van der Waals surface area contributed by atoms with Gasteiger partial charge in [-0.25, -0.2) is 9.36 Å². The number of thioether (sulfide) groups is 1. The van der Waals surface area contributed by atoms with Crippen molar-refractivity contribution in [1.82, 2.24) is 25.6 Å². The molecule has 0 bridgehead atoms. The zero-order valence-electron chi connectivity index (χ0n) is 40.0. The van der Waals surface area contributed by atoms with Gasteiger partial charge in [-0.3, -0.25) is 23.3 Å². The first-order valence-electron chi connectivity index (χ1n) is 25.1. The minimum atomic E-state index is -4.79. The fourth-order valence-electron chi connectivity index (χ4n) is 7.99. The first-order valence-corrected chi connectivity index (χ1v) is 27.6. The number of nitrogens with two attached hydrogens (primary N) is 1. The Bertz CT molecular complexity index is 1640. The lowest BCUT2D eigenvalue weighted by atomic mass is 10.0. The van der Waals surface area contributed by atoms with Crippen LogP contribution in [0.4, 0.5) is 4.79 Å². The Kier molecular flexibility index (Phi) is 30.2. The van der Waals surface area contributed by atoms with Gasteiger partial charge < -0.3 is 50.7 Å². The third kappa shape index (κ3) is 27.5. The van der Waals surface area contributed by atoms with Crippen LogP contribution in [-0.2, 0) is 50.4 Å². The smallest absolute Gasteiger partial charge is 0.472 e. The zero-order chi connectivity index (χ0) is 48.5. The number of rotatable bonds is 42. The number of carboxylic acid groups (broad SMARTS) is 1. The van der Waals surface area contributed by atoms with Crippen molar-refractivity contribution < 1.29 is 57.4 Å². The molecular formula is C46H80N7O12PS-2. The van der Waals surface area contributed by atoms with Crippen LogP contribution in [0.25, 0.3) is 0 Å². The second-order valence-corrected chi connectivity index (χ2v) is 20.6. The summed E-state index contributed by atoms with van der Waals surface area (Å²) in [5.41, 5.74) is 6.19. The molecule has 3 rings (SSSR count). The summed E-state index contributed by atoms with van der Waals surface area (Å²) in [5, 5.41) is 37.9. The molecule has 0 saturated carbocycles. The van der Waals surface area contributed by atoms with Gasteiger partial charge in [-0.1, -0.05) is 121 Å². The van der Waals surface area contributed by atoms with Gasteiger partial charge >= 0.3 is 25.8 Å². The minimum absolute atomic E-state index is 0.0713. The number of carbonyl (C=O) groups is 4. The number of aliphatic carboxylic acids is 1. The van der Waals surface area contributed by atoms with E-state index in [1.807, 2.05) is 18.0 Å². The van der Waals surface area contributed by atoms with E-state index < -0.39 is 57.7 Å². The Morgan fingerprint density at radius 1 is 0.836 bits per heavy atom. The van der Waals surface area contributed by atoms with Crippen molar-refractivity contribution in [3.8, 4) is 0 Å². The van der Waals surface area contributed by atoms with Crippen molar-refractivity contribution >= 4 is 49.4 Å². The summed E-state index contributed by atoms with van der Waals surface area (Å²) < 4.78 is 34.5. The molecule has 6 atom stereocenters. The summed E-state index contributed by atoms with van der Waals surface area (Å²) in [6.07, 6.45) is 26.1. The van der Waals surface area contributed by atoms with E-state index in [9.17, 15) is 38.8 Å². The van der Waals surface area contributed by atoms with E-state index in [2.05, 4.69) is 37.4 Å². The van der Waals surface area contributed by atoms with Crippen molar-refractivity contribution in [1.29, 1.82) is 0 Å². The number of aliphatic imine (C=N–C) groups is 1. The highest BCUT2D eigenvalue weighted by Crippen LogP contribution is 2.43. The van der Waals surface area contributed by atoms with Gasteiger partial charge in [0.1, 0.15) is 6.61 Å². The molecule has 2 saturated heterocycles. The summed E-state index contributed by atoms with van der Waals surface area (Å²) in [7, 11) is -4.79. The number of fused-ring (bicyclic) bond motifs is 1. The number of urea groups is 1. The molecule has 1 aromatic rings. The molecule has 0 spiro atoms. The van der Waals surface area contributed by atoms with E-state index in [0.717, 1.165) is 88.5 Å². The monoisotopic (exact) mass is 986 g/mol. The lowest BCUT2D eigenvalue weighted by molar-refractivity contribution is -0.308. The normalized spacial score (nSPS) is 18.8. The van der Waals surface area contributed by atoms with Crippen molar-refractivity contribution in [2.45, 2.75) is 216 Å². The third-order valence-electron chi connectivity index (χ3n) is 11.9. The molecule has 0 aromatic carbocycles. The van der Waals surface area contributed by atoms with E-state index >= 15 is 0 Å². The van der Waals surface area contributed by atoms with Crippen LogP contribution in [0.3, 0.4) is 0 Å². The zero-order valence-corrected chi connectivity index (χ0v) is 41.7. The molecule has 5 N–H and O–H groups in total. The predicted molar refractivity (Wildman–Crippen MR) is 253 cm³/mol. The van der Waals surface area contributed by atoms with Gasteiger partial charge in [0.2, 0.25) is 0 Å². The molecule has 0 radical (unpaired) electrons. The van der Waals surface area contributed by atoms with Gasteiger partial charge in [0.05, 0.1) is 43.0 Å². The number of nitrogens with zero attached hydrogens (tertiary/aromatic N) is 4. The Morgan fingerprint density at radius 3 is 2.09 bits per heavy atom. The maximum atomic E-state index is 12.7. The van der Waals surface area contributed by atoms with Crippen LogP contribution in [0.1, 0.15) is 180 Å². The van der Waals surface area contributed by atoms with E-state index in [4.69, 9.17) is 19.7 Å². The highest BCUT2D eigenvalue weighted by Gasteiger charge is 2.42. The fourth-order valence-corrected chi connectivity index (χ4v) is 10.3. The predicted octanol–water partition coefficient (Wildman–Crippen LogP) is 5.57. The Morgan fingerprint density at radius 2 is 1.43 bits per heavy atom. The number of phosphoric ester groups is 1. The number of phosphoric acid groups is 1. The number of ether oxygens (including phenoxy) is 2. The third-order valence-corrected chi connectivity index (χ3v) is 14.4. The second-order valence-electron chi connectivity index (χ2n) is 17.9. The van der Waals surface area contributed by atoms with Crippen molar-refractivity contribution in [2.75, 3.05) is 32.1 Å². The van der Waals surface area contributed by atoms with E-state index in [1.54, 1.807) is 4.68 Å². The quantitative estimate of drug-likeness (QED) is 0.0155. The number of hydrogen-bond donors (Lipinski definition) is 4. The molecule has 2 amide bonds. The van der Waals surface area contributed by atoms with Gasteiger partial charge in [0.25, 0.3) is 0 Å². The van der Waals surface area contributed by atoms with Crippen LogP contribution >= 0.6 is 19.6 Å². The molecule has 0 aliphatic carbocycles. The summed E-state index contributed by atoms with van der Waals surface area (Å²) in [6, 6.07) is -1.33.